The van der Waals surface area contributed by atoms with E-state index in [1.54, 1.807) is 40.0 Å². The second-order valence-electron chi connectivity index (χ2n) is 11.9. The number of phenolic OH excluding ortho intramolecular Hbond substituents is 1. The van der Waals surface area contributed by atoms with Gasteiger partial charge >= 0.3 is 0 Å². The van der Waals surface area contributed by atoms with Crippen molar-refractivity contribution in [2.75, 3.05) is 22.9 Å². The van der Waals surface area contributed by atoms with E-state index in [-0.39, 0.29) is 35.8 Å². The predicted octanol–water partition coefficient (Wildman–Crippen LogP) is 5.03. The van der Waals surface area contributed by atoms with Crippen molar-refractivity contribution in [3.8, 4) is 28.8 Å². The summed E-state index contributed by atoms with van der Waals surface area (Å²) < 4.78 is 49.5. The number of aromatic nitrogens is 2. The Hall–Kier alpha value is -5.64. The zero-order chi connectivity index (χ0) is 34.1. The SMILES string of the molecule is C=CC(=O)N1CC2C(=O)N(C#N)c3c(c4cc(F)c(-c5c(O)cccc5F)c(F)c4n(-c4c(C)ccnc4C(C)C)c3=O)N2CC1C. The van der Waals surface area contributed by atoms with Crippen LogP contribution in [0.4, 0.5) is 24.5 Å². The van der Waals surface area contributed by atoms with Gasteiger partial charge < -0.3 is 14.9 Å². The number of benzene rings is 2. The van der Waals surface area contributed by atoms with Crippen LogP contribution in [0.3, 0.4) is 0 Å². The number of nitrogens with zero attached hydrogens (tertiary/aromatic N) is 6. The van der Waals surface area contributed by atoms with Gasteiger partial charge in [-0.25, -0.2) is 18.1 Å². The number of aromatic hydroxyl groups is 1. The van der Waals surface area contributed by atoms with Crippen LogP contribution in [0.2, 0.25) is 0 Å². The number of fused-ring (bicyclic) bond motifs is 5. The zero-order valence-corrected chi connectivity index (χ0v) is 25.9. The van der Waals surface area contributed by atoms with Crippen LogP contribution < -0.4 is 15.4 Å². The highest BCUT2D eigenvalue weighted by Crippen LogP contribution is 2.46. The molecule has 1 fully saturated rings. The van der Waals surface area contributed by atoms with Crippen LogP contribution in [0.5, 0.6) is 5.75 Å². The van der Waals surface area contributed by atoms with Gasteiger partial charge in [0.25, 0.3) is 11.5 Å². The van der Waals surface area contributed by atoms with E-state index in [2.05, 4.69) is 11.6 Å². The number of rotatable bonds is 4. The predicted molar refractivity (Wildman–Crippen MR) is 169 cm³/mol. The Kier molecular flexibility index (Phi) is 7.54. The number of hydrogen-bond donors (Lipinski definition) is 1. The number of halogens is 3. The highest BCUT2D eigenvalue weighted by molar-refractivity contribution is 6.14. The molecule has 47 heavy (non-hydrogen) atoms. The highest BCUT2D eigenvalue weighted by atomic mass is 19.1. The van der Waals surface area contributed by atoms with E-state index in [0.29, 0.717) is 16.2 Å². The molecule has 2 aliphatic rings. The van der Waals surface area contributed by atoms with Gasteiger partial charge in [-0.3, -0.25) is 23.9 Å². The van der Waals surface area contributed by atoms with Gasteiger partial charge in [-0.05, 0) is 55.7 Å². The maximum atomic E-state index is 17.2. The fraction of sp³-hybridized carbons (Fsp3) is 0.265. The van der Waals surface area contributed by atoms with Crippen molar-refractivity contribution in [1.82, 2.24) is 14.5 Å². The summed E-state index contributed by atoms with van der Waals surface area (Å²) >= 11 is 0. The number of carbonyl (C=O) groups is 2. The summed E-state index contributed by atoms with van der Waals surface area (Å²) in [7, 11) is 0. The summed E-state index contributed by atoms with van der Waals surface area (Å²) in [6, 6.07) is 3.96. The van der Waals surface area contributed by atoms with Crippen LogP contribution in [-0.2, 0) is 9.59 Å². The van der Waals surface area contributed by atoms with Crippen molar-refractivity contribution in [1.29, 1.82) is 5.26 Å². The summed E-state index contributed by atoms with van der Waals surface area (Å²) in [5.74, 6) is -6.03. The Morgan fingerprint density at radius 1 is 1.11 bits per heavy atom. The minimum absolute atomic E-state index is 0.0386. The van der Waals surface area contributed by atoms with Gasteiger partial charge in [0, 0.05) is 24.2 Å². The molecule has 4 heterocycles. The second-order valence-corrected chi connectivity index (χ2v) is 11.9. The number of piperazine rings is 1. The van der Waals surface area contributed by atoms with Gasteiger partial charge in [0.1, 0.15) is 29.1 Å². The summed E-state index contributed by atoms with van der Waals surface area (Å²) in [5, 5.41) is 20.6. The summed E-state index contributed by atoms with van der Waals surface area (Å²) in [6.07, 6.45) is 4.37. The number of amides is 2. The molecule has 0 radical (unpaired) electrons. The van der Waals surface area contributed by atoms with Gasteiger partial charge in [-0.15, -0.1) is 0 Å². The van der Waals surface area contributed by atoms with Gasteiger partial charge in [-0.1, -0.05) is 26.5 Å². The molecule has 1 saturated heterocycles. The Labute approximate surface area is 267 Å². The average Bonchev–Trinajstić information content (AvgIpc) is 3.02. The smallest absolute Gasteiger partial charge is 0.283 e. The maximum Gasteiger partial charge on any atom is 0.283 e. The molecule has 0 aliphatic carbocycles. The Balaban J connectivity index is 1.82. The minimum atomic E-state index is -1.36. The standard InChI is InChI=1S/C34H29F3N6O4/c1-6-24(45)40-14-22-33(46)42(15-38)32-31(41(22)13-18(40)5)19-12-21(36)26(25-20(35)8-7-9-23(25)44)27(37)30(19)43(34(32)47)29-17(4)10-11-39-28(29)16(2)3/h6-12,16,18,22,44H,1,13-14H2,2-5H3. The molecule has 0 saturated carbocycles. The molecule has 2 atom stereocenters. The molecule has 2 unspecified atom stereocenters. The van der Waals surface area contributed by atoms with Crippen molar-refractivity contribution >= 4 is 34.1 Å². The molecule has 13 heteroatoms. The molecule has 10 nitrogen and oxygen atoms in total. The Morgan fingerprint density at radius 2 is 1.83 bits per heavy atom. The third-order valence-corrected chi connectivity index (χ3v) is 8.78. The number of nitriles is 1. The lowest BCUT2D eigenvalue weighted by molar-refractivity contribution is -0.130. The number of carbonyl (C=O) groups excluding carboxylic acids is 2. The maximum absolute atomic E-state index is 17.2. The molecule has 0 spiro atoms. The molecule has 2 aliphatic heterocycles. The second kappa shape index (κ2) is 11.3. The molecule has 2 aromatic heterocycles. The van der Waals surface area contributed by atoms with E-state index in [0.717, 1.165) is 28.8 Å². The molecule has 1 N–H and O–H groups in total. The molecular formula is C34H29F3N6O4. The highest BCUT2D eigenvalue weighted by Gasteiger charge is 2.48. The first kappa shape index (κ1) is 31.3. The van der Waals surface area contributed by atoms with Crippen LogP contribution in [0.15, 0.2) is 54.0 Å². The van der Waals surface area contributed by atoms with Crippen LogP contribution in [0.1, 0.15) is 37.9 Å². The monoisotopic (exact) mass is 642 g/mol. The summed E-state index contributed by atoms with van der Waals surface area (Å²) in [6.45, 7) is 10.2. The molecular weight excluding hydrogens is 613 g/mol. The van der Waals surface area contributed by atoms with Crippen LogP contribution in [-0.4, -0.2) is 56.5 Å². The molecule has 240 valence electrons. The number of hydrogen-bond acceptors (Lipinski definition) is 7. The molecule has 2 amide bonds. The number of anilines is 2. The number of pyridine rings is 2. The van der Waals surface area contributed by atoms with Crippen LogP contribution in [0, 0.1) is 35.8 Å². The van der Waals surface area contributed by atoms with E-state index in [4.69, 9.17) is 0 Å². The third kappa shape index (κ3) is 4.54. The fourth-order valence-corrected chi connectivity index (χ4v) is 6.64. The average molecular weight is 643 g/mol. The van der Waals surface area contributed by atoms with E-state index in [1.165, 1.54) is 22.1 Å². The van der Waals surface area contributed by atoms with Gasteiger partial charge in [0.15, 0.2) is 12.0 Å². The van der Waals surface area contributed by atoms with E-state index >= 15 is 13.2 Å². The van der Waals surface area contributed by atoms with Crippen molar-refractivity contribution in [2.24, 2.45) is 0 Å². The van der Waals surface area contributed by atoms with Gasteiger partial charge in [0.2, 0.25) is 5.91 Å². The molecule has 0 bridgehead atoms. The van der Waals surface area contributed by atoms with E-state index in [9.17, 15) is 24.8 Å². The summed E-state index contributed by atoms with van der Waals surface area (Å²) in [5.41, 5.74) is -2.68. The van der Waals surface area contributed by atoms with Gasteiger partial charge in [-0.2, -0.15) is 5.26 Å². The fourth-order valence-electron chi connectivity index (χ4n) is 6.64. The van der Waals surface area contributed by atoms with Gasteiger partial charge in [0.05, 0.1) is 40.3 Å². The van der Waals surface area contributed by atoms with Crippen LogP contribution in [0.25, 0.3) is 27.7 Å². The lowest BCUT2D eigenvalue weighted by atomic mass is 9.94. The molecule has 4 aromatic rings. The number of phenols is 1. The lowest BCUT2D eigenvalue weighted by Gasteiger charge is -2.49. The normalized spacial score (nSPS) is 17.5. The molecule has 2 aromatic carbocycles. The quantitative estimate of drug-likeness (QED) is 0.245. The third-order valence-electron chi connectivity index (χ3n) is 8.78. The van der Waals surface area contributed by atoms with E-state index in [1.807, 2.05) is 0 Å². The first-order chi connectivity index (χ1) is 22.3. The van der Waals surface area contributed by atoms with Crippen molar-refractivity contribution in [3.05, 3.63) is 88.2 Å². The minimum Gasteiger partial charge on any atom is -0.507 e. The van der Waals surface area contributed by atoms with Crippen molar-refractivity contribution in [2.45, 2.75) is 45.7 Å². The Bertz CT molecular complexity index is 2120. The van der Waals surface area contributed by atoms with Crippen LogP contribution >= 0.6 is 0 Å². The largest absolute Gasteiger partial charge is 0.507 e. The first-order valence-electron chi connectivity index (χ1n) is 14.8. The topological polar surface area (TPSA) is 123 Å². The first-order valence-corrected chi connectivity index (χ1v) is 14.8. The van der Waals surface area contributed by atoms with E-state index < -0.39 is 75.0 Å². The molecule has 6 rings (SSSR count). The summed E-state index contributed by atoms with van der Waals surface area (Å²) in [4.78, 5) is 49.2. The zero-order valence-electron chi connectivity index (χ0n) is 25.9. The Morgan fingerprint density at radius 3 is 2.47 bits per heavy atom. The number of aryl methyl sites for hydroxylation is 1. The van der Waals surface area contributed by atoms with Crippen molar-refractivity contribution in [3.63, 3.8) is 0 Å². The van der Waals surface area contributed by atoms with Crippen molar-refractivity contribution < 1.29 is 27.9 Å². The lowest BCUT2D eigenvalue weighted by Crippen LogP contribution is -2.66.